The van der Waals surface area contributed by atoms with E-state index >= 15 is 0 Å². The third kappa shape index (κ3) is 21.1. The largest absolute Gasteiger partial charge is 0.480 e. The number of carboxylic acids is 1. The van der Waals surface area contributed by atoms with Crippen molar-refractivity contribution in [2.75, 3.05) is 46.2 Å². The minimum atomic E-state index is -1.19. The molecule has 11 amide bonds. The summed E-state index contributed by atoms with van der Waals surface area (Å²) >= 11 is 0. The fraction of sp³-hybridized carbons (Fsp3) is 0.597. The first-order chi connectivity index (χ1) is 40.8. The highest BCUT2D eigenvalue weighted by Crippen LogP contribution is 2.30. The summed E-state index contributed by atoms with van der Waals surface area (Å²) < 4.78 is 11.9. The van der Waals surface area contributed by atoms with Crippen LogP contribution < -0.4 is 37.6 Å². The van der Waals surface area contributed by atoms with E-state index in [0.29, 0.717) is 45.1 Å². The Kier molecular flexibility index (Phi) is 28.8. The van der Waals surface area contributed by atoms with Gasteiger partial charge in [0.25, 0.3) is 11.8 Å². The number of carboxylic acid groups (broad SMARTS) is 1. The van der Waals surface area contributed by atoms with Gasteiger partial charge >= 0.3 is 12.0 Å². The summed E-state index contributed by atoms with van der Waals surface area (Å²) in [7, 11) is 4.56. The molecule has 4 rings (SSSR count). The van der Waals surface area contributed by atoms with Gasteiger partial charge < -0.3 is 62.0 Å². The number of unbranched alkanes of at least 4 members (excludes halogenated alkanes) is 2. The second-order valence-electron chi connectivity index (χ2n) is 23.0. The van der Waals surface area contributed by atoms with Crippen LogP contribution in [0.1, 0.15) is 135 Å². The normalized spacial score (nSPS) is 17.3. The first-order valence-corrected chi connectivity index (χ1v) is 29.9. The lowest BCUT2D eigenvalue weighted by Crippen LogP contribution is -2.57. The molecule has 9 N–H and O–H groups in total. The summed E-state index contributed by atoms with van der Waals surface area (Å²) in [6.45, 7) is 13.4. The van der Waals surface area contributed by atoms with E-state index in [1.54, 1.807) is 70.8 Å². The molecule has 2 aliphatic rings. The minimum absolute atomic E-state index is 0.0667. The number of aliphatic carboxylic acids is 1. The summed E-state index contributed by atoms with van der Waals surface area (Å²) in [5.74, 6) is -7.04. The number of likely N-dealkylation sites (N-methyl/N-ethyl adjacent to an activating group) is 1. The van der Waals surface area contributed by atoms with Gasteiger partial charge in [-0.05, 0) is 86.1 Å². The van der Waals surface area contributed by atoms with Crippen LogP contribution in [-0.4, -0.2) is 174 Å². The van der Waals surface area contributed by atoms with Crippen molar-refractivity contribution in [2.45, 2.75) is 174 Å². The van der Waals surface area contributed by atoms with E-state index in [1.165, 1.54) is 60.4 Å². The van der Waals surface area contributed by atoms with Crippen LogP contribution in [0.2, 0.25) is 0 Å². The van der Waals surface area contributed by atoms with E-state index in [2.05, 4.69) is 31.9 Å². The molecule has 0 radical (unpaired) electrons. The van der Waals surface area contributed by atoms with Gasteiger partial charge in [-0.15, -0.1) is 0 Å². The molecule has 24 nitrogen and oxygen atoms in total. The number of hydrogen-bond donors (Lipinski definition) is 8. The SMILES string of the molecule is CCC(C)C(C(CC(=O)N1CCCC1C(OC)C(C)C(=O)NC(Cc1ccccc1)C(=O)O)OC)N(C)C(=O)[C@@H](NC(=O)c1ccc(NC(=O)[C@H](CCCNC(N)=O)NC(=O)C(NC(=O)CCCCCN2C(=O)C=CCC2=O)C(C)C)cc1)C(C)C. The van der Waals surface area contributed by atoms with Gasteiger partial charge in [0.05, 0.1) is 36.6 Å². The van der Waals surface area contributed by atoms with Crippen molar-refractivity contribution in [1.82, 2.24) is 41.3 Å². The van der Waals surface area contributed by atoms with Gasteiger partial charge in [0.15, 0.2) is 0 Å². The number of nitrogens with two attached hydrogens (primary N) is 1. The molecule has 0 aromatic heterocycles. The topological polar surface area (TPSA) is 334 Å². The molecule has 2 heterocycles. The number of methoxy groups -OCH3 is 2. The molecule has 2 aliphatic heterocycles. The highest BCUT2D eigenvalue weighted by Gasteiger charge is 2.43. The van der Waals surface area contributed by atoms with Gasteiger partial charge in [-0.3, -0.25) is 48.1 Å². The molecule has 0 aliphatic carbocycles. The number of carbonyl (C=O) groups is 11. The molecule has 1 fully saturated rings. The second-order valence-corrected chi connectivity index (χ2v) is 23.0. The third-order valence-electron chi connectivity index (χ3n) is 16.1. The number of benzene rings is 2. The maximum absolute atomic E-state index is 14.6. The molecule has 86 heavy (non-hydrogen) atoms. The standard InChI is InChI=1S/C62H92N10O14/c1-11-39(6)54(47(85-9)36-51(76)71-34-20-24-46(71)55(86-10)40(7)56(77)67-45(61(82)83)35-41-21-14-12-15-22-41)70(8)60(81)53(38(4)5)69-57(78)42-28-30-43(31-29-42)65-58(79)44(23-19-32-64-62(63)84)66-59(80)52(37(2)3)68-48(73)25-16-13-17-33-72-49(74)26-18-27-50(72)75/h12,14-15,18,21-22,26,28-31,37-40,44-47,52-55H,11,13,16-17,19-20,23-25,27,32-36H2,1-10H3,(H,65,79)(H,66,80)(H,67,77)(H,68,73)(H,69,78)(H,82,83)(H3,63,64,84)/t39?,40?,44-,45?,46?,47?,52?,53-,54?,55?/m0/s1. The molecule has 2 aromatic rings. The predicted octanol–water partition coefficient (Wildman–Crippen LogP) is 4.06. The number of nitrogens with one attached hydrogen (secondary N) is 6. The number of ether oxygens (including phenoxy) is 2. The molecule has 474 valence electrons. The molecular weight excluding hydrogens is 1110 g/mol. The Morgan fingerprint density at radius 1 is 0.779 bits per heavy atom. The van der Waals surface area contributed by atoms with Gasteiger partial charge in [0, 0.05) is 77.5 Å². The fourth-order valence-electron chi connectivity index (χ4n) is 10.9. The number of likely N-dealkylation sites (tertiary alicyclic amines) is 1. The molecule has 2 aromatic carbocycles. The number of nitrogens with zero attached hydrogens (tertiary/aromatic N) is 3. The average molecular weight is 1200 g/mol. The number of primary amides is 1. The number of hydrogen-bond acceptors (Lipinski definition) is 13. The van der Waals surface area contributed by atoms with Gasteiger partial charge in [0.2, 0.25) is 41.4 Å². The van der Waals surface area contributed by atoms with Crippen molar-refractivity contribution >= 4 is 70.9 Å². The number of anilines is 1. The van der Waals surface area contributed by atoms with Crippen molar-refractivity contribution in [3.63, 3.8) is 0 Å². The highest BCUT2D eigenvalue weighted by atomic mass is 16.5. The van der Waals surface area contributed by atoms with E-state index in [1.807, 2.05) is 19.9 Å². The van der Waals surface area contributed by atoms with E-state index < -0.39 is 108 Å². The lowest BCUT2D eigenvalue weighted by Gasteiger charge is -2.40. The predicted molar refractivity (Wildman–Crippen MR) is 321 cm³/mol. The molecule has 24 heteroatoms. The van der Waals surface area contributed by atoms with E-state index in [4.69, 9.17) is 15.2 Å². The van der Waals surface area contributed by atoms with Crippen molar-refractivity contribution < 1.29 is 67.3 Å². The summed E-state index contributed by atoms with van der Waals surface area (Å²) in [6.07, 6.45) is 5.13. The van der Waals surface area contributed by atoms with E-state index in [0.717, 1.165) is 5.56 Å². The van der Waals surface area contributed by atoms with Crippen LogP contribution in [0, 0.1) is 23.7 Å². The summed E-state index contributed by atoms with van der Waals surface area (Å²) in [5.41, 5.74) is 6.43. The first kappa shape index (κ1) is 70.8. The monoisotopic (exact) mass is 1200 g/mol. The molecule has 0 spiro atoms. The zero-order valence-electron chi connectivity index (χ0n) is 51.6. The molecular formula is C62H92N10O14. The number of amides is 11. The quantitative estimate of drug-likeness (QED) is 0.0357. The van der Waals surface area contributed by atoms with Crippen LogP contribution in [0.4, 0.5) is 10.5 Å². The Bertz CT molecular complexity index is 2670. The summed E-state index contributed by atoms with van der Waals surface area (Å²) in [5, 5.41) is 26.3. The Labute approximate surface area is 505 Å². The van der Waals surface area contributed by atoms with Crippen molar-refractivity contribution in [3.05, 3.63) is 77.9 Å². The molecule has 8 unspecified atom stereocenters. The molecule has 1 saturated heterocycles. The molecule has 0 saturated carbocycles. The first-order valence-electron chi connectivity index (χ1n) is 29.9. The Hall–Kier alpha value is -7.73. The van der Waals surface area contributed by atoms with E-state index in [-0.39, 0.29) is 92.4 Å². The van der Waals surface area contributed by atoms with Crippen molar-refractivity contribution in [3.8, 4) is 0 Å². The number of imide groups is 1. The smallest absolute Gasteiger partial charge is 0.326 e. The maximum atomic E-state index is 14.6. The Morgan fingerprint density at radius 2 is 1.44 bits per heavy atom. The van der Waals surface area contributed by atoms with Crippen LogP contribution in [0.5, 0.6) is 0 Å². The lowest BCUT2D eigenvalue weighted by atomic mass is 9.89. The van der Waals surface area contributed by atoms with Gasteiger partial charge in [-0.1, -0.05) is 97.7 Å². The highest BCUT2D eigenvalue weighted by molar-refractivity contribution is 6.04. The van der Waals surface area contributed by atoms with Crippen molar-refractivity contribution in [2.24, 2.45) is 29.4 Å². The van der Waals surface area contributed by atoms with Crippen LogP contribution in [0.3, 0.4) is 0 Å². The Morgan fingerprint density at radius 3 is 2.03 bits per heavy atom. The van der Waals surface area contributed by atoms with Gasteiger partial charge in [-0.2, -0.15) is 0 Å². The summed E-state index contributed by atoms with van der Waals surface area (Å²) in [6, 6.07) is 8.61. The lowest BCUT2D eigenvalue weighted by molar-refractivity contribution is -0.147. The minimum Gasteiger partial charge on any atom is -0.480 e. The van der Waals surface area contributed by atoms with E-state index in [9.17, 15) is 57.8 Å². The number of carbonyl (C=O) groups excluding carboxylic acids is 10. The van der Waals surface area contributed by atoms with Crippen LogP contribution >= 0.6 is 0 Å². The van der Waals surface area contributed by atoms with Gasteiger partial charge in [0.1, 0.15) is 24.2 Å². The number of urea groups is 1. The van der Waals surface area contributed by atoms with Crippen LogP contribution in [0.25, 0.3) is 0 Å². The fourth-order valence-corrected chi connectivity index (χ4v) is 10.9. The van der Waals surface area contributed by atoms with Crippen molar-refractivity contribution in [1.29, 1.82) is 0 Å². The third-order valence-corrected chi connectivity index (χ3v) is 16.1. The summed E-state index contributed by atoms with van der Waals surface area (Å²) in [4.78, 5) is 150. The zero-order chi connectivity index (χ0) is 63.8. The Balaban J connectivity index is 1.40. The average Bonchev–Trinajstić information content (AvgIpc) is 2.87. The maximum Gasteiger partial charge on any atom is 0.326 e. The van der Waals surface area contributed by atoms with Crippen LogP contribution in [0.15, 0.2) is 66.7 Å². The molecule has 10 atom stereocenters. The van der Waals surface area contributed by atoms with Crippen LogP contribution in [-0.2, 0) is 59.0 Å². The second kappa shape index (κ2) is 35.0. The molecule has 0 bridgehead atoms. The number of rotatable bonds is 35. The van der Waals surface area contributed by atoms with Gasteiger partial charge in [-0.25, -0.2) is 9.59 Å². The zero-order valence-corrected chi connectivity index (χ0v) is 51.6.